The monoisotopic (exact) mass is 797 g/mol. The molecule has 0 amide bonds. The maximum absolute atomic E-state index is 12.6. The van der Waals surface area contributed by atoms with Gasteiger partial charge in [0.05, 0.1) is 19.8 Å². The van der Waals surface area contributed by atoms with E-state index in [0.717, 1.165) is 51.4 Å². The molecule has 0 aromatic rings. The molecule has 0 rings (SSSR count). The van der Waals surface area contributed by atoms with Gasteiger partial charge in [0.2, 0.25) is 0 Å². The molecule has 318 valence electrons. The van der Waals surface area contributed by atoms with Gasteiger partial charge in [-0.05, 0) is 77.0 Å². The van der Waals surface area contributed by atoms with Crippen molar-refractivity contribution < 1.29 is 47.8 Å². The van der Waals surface area contributed by atoms with Crippen molar-refractivity contribution in [1.29, 1.82) is 0 Å². The molecule has 0 aliphatic heterocycles. The van der Waals surface area contributed by atoms with Crippen molar-refractivity contribution in [1.82, 2.24) is 0 Å². The number of phosphoric acid groups is 1. The zero-order chi connectivity index (χ0) is 40.5. The molecule has 0 fully saturated rings. The molecule has 0 aliphatic rings. The Morgan fingerprint density at radius 1 is 0.545 bits per heavy atom. The van der Waals surface area contributed by atoms with Gasteiger partial charge in [-0.25, -0.2) is 4.57 Å². The molecule has 0 radical (unpaired) electrons. The minimum atomic E-state index is -4.63. The van der Waals surface area contributed by atoms with Gasteiger partial charge in [-0.2, -0.15) is 0 Å². The fourth-order valence-electron chi connectivity index (χ4n) is 5.33. The average molecular weight is 797 g/mol. The number of hydrogen-bond acceptors (Lipinski definition) is 9. The fourth-order valence-corrected chi connectivity index (χ4v) is 6.12. The highest BCUT2D eigenvalue weighted by Gasteiger charge is 2.27. The van der Waals surface area contributed by atoms with E-state index in [0.29, 0.717) is 19.3 Å². The molecular formula is C44H77O10P. The predicted octanol–water partition coefficient (Wildman–Crippen LogP) is 11.1. The molecule has 0 aliphatic carbocycles. The highest BCUT2D eigenvalue weighted by molar-refractivity contribution is 7.47. The quantitative estimate of drug-likeness (QED) is 0.0237. The Bertz CT molecular complexity index is 1100. The normalized spacial score (nSPS) is 14.5. The van der Waals surface area contributed by atoms with E-state index in [4.69, 9.17) is 19.1 Å². The summed E-state index contributed by atoms with van der Waals surface area (Å²) in [5, 5.41) is 18.3. The molecule has 0 saturated heterocycles. The van der Waals surface area contributed by atoms with Crippen molar-refractivity contribution in [2.75, 3.05) is 26.4 Å². The number of allylic oxidation sites excluding steroid dienone is 10. The van der Waals surface area contributed by atoms with Crippen LogP contribution in [0.25, 0.3) is 0 Å². The van der Waals surface area contributed by atoms with Crippen LogP contribution in [0.5, 0.6) is 0 Å². The second-order valence-electron chi connectivity index (χ2n) is 14.0. The lowest BCUT2D eigenvalue weighted by Gasteiger charge is -2.20. The van der Waals surface area contributed by atoms with E-state index in [-0.39, 0.29) is 19.4 Å². The van der Waals surface area contributed by atoms with Gasteiger partial charge < -0.3 is 24.6 Å². The van der Waals surface area contributed by atoms with Crippen molar-refractivity contribution in [2.45, 2.75) is 180 Å². The lowest BCUT2D eigenvalue weighted by atomic mass is 10.1. The summed E-state index contributed by atoms with van der Waals surface area (Å²) in [4.78, 5) is 34.9. The molecule has 3 atom stereocenters. The van der Waals surface area contributed by atoms with E-state index in [1.807, 2.05) is 12.2 Å². The Morgan fingerprint density at radius 3 is 1.53 bits per heavy atom. The number of carbonyl (C=O) groups excluding carboxylic acids is 2. The highest BCUT2D eigenvalue weighted by Crippen LogP contribution is 2.43. The minimum Gasteiger partial charge on any atom is -0.462 e. The van der Waals surface area contributed by atoms with E-state index in [1.165, 1.54) is 70.6 Å². The molecule has 3 unspecified atom stereocenters. The SMILES string of the molecule is CCCCCC=CCC=CCC=CCC=CCCCC(=O)OC(COC(=O)CCCCCCCCCC=CCCCCCC)COP(=O)(O)OCC(O)CO. The largest absolute Gasteiger partial charge is 0.472 e. The molecule has 0 spiro atoms. The fraction of sp³-hybridized carbons (Fsp3) is 0.727. The standard InChI is InChI=1S/C44H77O10P/c1-3-5-7-9-11-13-15-17-19-20-22-24-26-28-30-32-34-36-44(48)54-42(40-53-55(49,50)52-38-41(46)37-45)39-51-43(47)35-33-31-29-27-25-23-21-18-16-14-12-10-8-6-4-2/h11,13-14,16-17,19,22,24,28,30,41-42,45-46H,3-10,12,15,18,20-21,23,25-27,29,31-40H2,1-2H3,(H,49,50). The van der Waals surface area contributed by atoms with E-state index in [1.54, 1.807) is 0 Å². The molecule has 0 saturated carbocycles. The van der Waals surface area contributed by atoms with Crippen molar-refractivity contribution in [2.24, 2.45) is 0 Å². The number of carbonyl (C=O) groups is 2. The van der Waals surface area contributed by atoms with Crippen LogP contribution in [-0.2, 0) is 32.7 Å². The van der Waals surface area contributed by atoms with Gasteiger partial charge in [0, 0.05) is 12.8 Å². The third kappa shape index (κ3) is 39.7. The second-order valence-corrected chi connectivity index (χ2v) is 15.5. The Labute approximate surface area is 334 Å². The molecule has 0 bridgehead atoms. The van der Waals surface area contributed by atoms with Gasteiger partial charge in [-0.1, -0.05) is 139 Å². The van der Waals surface area contributed by atoms with Crippen LogP contribution in [0.3, 0.4) is 0 Å². The first kappa shape index (κ1) is 52.7. The first-order chi connectivity index (χ1) is 26.7. The molecule has 0 aromatic carbocycles. The third-order valence-electron chi connectivity index (χ3n) is 8.64. The molecule has 3 N–H and O–H groups in total. The van der Waals surface area contributed by atoms with Crippen LogP contribution in [0.1, 0.15) is 168 Å². The van der Waals surface area contributed by atoms with Gasteiger partial charge in [0.1, 0.15) is 12.7 Å². The second kappa shape index (κ2) is 39.9. The van der Waals surface area contributed by atoms with Crippen LogP contribution in [0, 0.1) is 0 Å². The Morgan fingerprint density at radius 2 is 0.964 bits per heavy atom. The number of phosphoric ester groups is 1. The van der Waals surface area contributed by atoms with Crippen LogP contribution in [-0.4, -0.2) is 65.7 Å². The van der Waals surface area contributed by atoms with Crippen LogP contribution in [0.15, 0.2) is 60.8 Å². The Balaban J connectivity index is 4.43. The molecule has 0 aromatic heterocycles. The van der Waals surface area contributed by atoms with E-state index < -0.39 is 51.8 Å². The topological polar surface area (TPSA) is 149 Å². The predicted molar refractivity (Wildman–Crippen MR) is 224 cm³/mol. The maximum Gasteiger partial charge on any atom is 0.472 e. The first-order valence-electron chi connectivity index (χ1n) is 21.2. The van der Waals surface area contributed by atoms with Gasteiger partial charge in [0.25, 0.3) is 0 Å². The summed E-state index contributed by atoms with van der Waals surface area (Å²) < 4.78 is 32.6. The van der Waals surface area contributed by atoms with Crippen molar-refractivity contribution in [3.8, 4) is 0 Å². The lowest BCUT2D eigenvalue weighted by Crippen LogP contribution is -2.29. The number of ether oxygens (including phenoxy) is 2. The van der Waals surface area contributed by atoms with E-state index in [9.17, 15) is 24.2 Å². The minimum absolute atomic E-state index is 0.105. The zero-order valence-electron chi connectivity index (χ0n) is 34.4. The van der Waals surface area contributed by atoms with Gasteiger partial charge in [-0.15, -0.1) is 0 Å². The Kier molecular flexibility index (Phi) is 38.2. The summed E-state index contributed by atoms with van der Waals surface area (Å²) in [7, 11) is -4.63. The Hall–Kier alpha value is -2.33. The molecule has 10 nitrogen and oxygen atoms in total. The number of aliphatic hydroxyl groups excluding tert-OH is 2. The molecule has 11 heteroatoms. The van der Waals surface area contributed by atoms with Crippen molar-refractivity contribution in [3.63, 3.8) is 0 Å². The highest BCUT2D eigenvalue weighted by atomic mass is 31.2. The maximum atomic E-state index is 12.6. The van der Waals surface area contributed by atoms with E-state index >= 15 is 0 Å². The average Bonchev–Trinajstić information content (AvgIpc) is 3.17. The summed E-state index contributed by atoms with van der Waals surface area (Å²) in [6.07, 6.45) is 43.3. The summed E-state index contributed by atoms with van der Waals surface area (Å²) in [6, 6.07) is 0. The van der Waals surface area contributed by atoms with Gasteiger partial charge in [-0.3, -0.25) is 18.6 Å². The summed E-state index contributed by atoms with van der Waals surface area (Å²) >= 11 is 0. The van der Waals surface area contributed by atoms with Crippen LogP contribution in [0.4, 0.5) is 0 Å². The number of esters is 2. The lowest BCUT2D eigenvalue weighted by molar-refractivity contribution is -0.161. The number of rotatable bonds is 39. The van der Waals surface area contributed by atoms with Crippen molar-refractivity contribution in [3.05, 3.63) is 60.8 Å². The van der Waals surface area contributed by atoms with Crippen molar-refractivity contribution >= 4 is 19.8 Å². The molecule has 55 heavy (non-hydrogen) atoms. The smallest absolute Gasteiger partial charge is 0.462 e. The first-order valence-corrected chi connectivity index (χ1v) is 22.7. The number of hydrogen-bond donors (Lipinski definition) is 3. The summed E-state index contributed by atoms with van der Waals surface area (Å²) in [5.74, 6) is -0.999. The van der Waals surface area contributed by atoms with Gasteiger partial charge >= 0.3 is 19.8 Å². The van der Waals surface area contributed by atoms with Crippen LogP contribution in [0.2, 0.25) is 0 Å². The number of unbranched alkanes of at least 4 members (excludes halogenated alkanes) is 15. The third-order valence-corrected chi connectivity index (χ3v) is 9.60. The summed E-state index contributed by atoms with van der Waals surface area (Å²) in [5.41, 5.74) is 0. The van der Waals surface area contributed by atoms with Crippen LogP contribution >= 0.6 is 7.82 Å². The molecular weight excluding hydrogens is 719 g/mol. The van der Waals surface area contributed by atoms with Crippen LogP contribution < -0.4 is 0 Å². The number of aliphatic hydroxyl groups is 2. The summed E-state index contributed by atoms with van der Waals surface area (Å²) in [6.45, 7) is 2.26. The molecule has 0 heterocycles. The zero-order valence-corrected chi connectivity index (χ0v) is 35.3. The van der Waals surface area contributed by atoms with Gasteiger partial charge in [0.15, 0.2) is 6.10 Å². The van der Waals surface area contributed by atoms with E-state index in [2.05, 4.69) is 67.0 Å².